The maximum Gasteiger partial charge on any atom is 0.112 e. The molecular formula is C11H21N3O. The van der Waals surface area contributed by atoms with Gasteiger partial charge >= 0.3 is 0 Å². The zero-order valence-electron chi connectivity index (χ0n) is 10.3. The lowest BCUT2D eigenvalue weighted by atomic mass is 9.90. The van der Waals surface area contributed by atoms with Gasteiger partial charge in [-0.3, -0.25) is 0 Å². The largest absolute Gasteiger partial charge is 0.372 e. The van der Waals surface area contributed by atoms with Crippen molar-refractivity contribution in [3.05, 3.63) is 11.9 Å². The van der Waals surface area contributed by atoms with Gasteiger partial charge in [0.25, 0.3) is 0 Å². The Morgan fingerprint density at radius 2 is 2.07 bits per heavy atom. The highest BCUT2D eigenvalue weighted by Gasteiger charge is 2.24. The Bertz CT molecular complexity index is 296. The average Bonchev–Trinajstić information content (AvgIpc) is 2.60. The van der Waals surface area contributed by atoms with Crippen LogP contribution in [0.5, 0.6) is 0 Å². The van der Waals surface area contributed by atoms with Gasteiger partial charge in [-0.25, -0.2) is 0 Å². The zero-order chi connectivity index (χ0) is 11.4. The van der Waals surface area contributed by atoms with Gasteiger partial charge in [0.15, 0.2) is 0 Å². The Morgan fingerprint density at radius 1 is 1.40 bits per heavy atom. The molecule has 0 N–H and O–H groups in total. The number of rotatable bonds is 5. The summed E-state index contributed by atoms with van der Waals surface area (Å²) < 4.78 is 5.75. The van der Waals surface area contributed by atoms with Crippen molar-refractivity contribution >= 4 is 0 Å². The molecule has 0 amide bonds. The first-order chi connectivity index (χ1) is 7.06. The van der Waals surface area contributed by atoms with Gasteiger partial charge in [0, 0.05) is 13.7 Å². The lowest BCUT2D eigenvalue weighted by molar-refractivity contribution is 0.00597. The molecule has 0 spiro atoms. The molecule has 0 fully saturated rings. The minimum absolute atomic E-state index is 0.0590. The Balaban J connectivity index is 2.82. The summed E-state index contributed by atoms with van der Waals surface area (Å²) in [6.45, 7) is 9.31. The fourth-order valence-electron chi connectivity index (χ4n) is 1.53. The fourth-order valence-corrected chi connectivity index (χ4v) is 1.53. The van der Waals surface area contributed by atoms with E-state index in [0.717, 1.165) is 5.69 Å². The van der Waals surface area contributed by atoms with Crippen LogP contribution in [0.3, 0.4) is 0 Å². The summed E-state index contributed by atoms with van der Waals surface area (Å²) >= 11 is 0. The molecule has 1 rings (SSSR count). The standard InChI is InChI=1S/C11H21N3O/c1-6-15-11(9(4)8(2)3)10-7-12-14(5)13-10/h7-9,11H,6H2,1-5H3. The maximum absolute atomic E-state index is 5.75. The van der Waals surface area contributed by atoms with Crippen LogP contribution in [0, 0.1) is 11.8 Å². The van der Waals surface area contributed by atoms with E-state index < -0.39 is 0 Å². The molecule has 2 atom stereocenters. The molecule has 1 aromatic heterocycles. The van der Waals surface area contributed by atoms with Crippen molar-refractivity contribution in [3.8, 4) is 0 Å². The molecule has 2 unspecified atom stereocenters. The van der Waals surface area contributed by atoms with Crippen molar-refractivity contribution < 1.29 is 4.74 Å². The highest BCUT2D eigenvalue weighted by atomic mass is 16.5. The Morgan fingerprint density at radius 3 is 2.47 bits per heavy atom. The van der Waals surface area contributed by atoms with E-state index in [1.807, 2.05) is 14.0 Å². The third-order valence-electron chi connectivity index (χ3n) is 2.78. The summed E-state index contributed by atoms with van der Waals surface area (Å²) in [4.78, 5) is 1.58. The molecule has 0 radical (unpaired) electrons. The van der Waals surface area contributed by atoms with Crippen LogP contribution in [0.25, 0.3) is 0 Å². The number of aryl methyl sites for hydroxylation is 1. The van der Waals surface area contributed by atoms with Gasteiger partial charge in [0.1, 0.15) is 11.8 Å². The molecule has 86 valence electrons. The molecular weight excluding hydrogens is 190 g/mol. The van der Waals surface area contributed by atoms with E-state index in [9.17, 15) is 0 Å². The quantitative estimate of drug-likeness (QED) is 0.749. The Kier molecular flexibility index (Phi) is 4.27. The van der Waals surface area contributed by atoms with Crippen LogP contribution >= 0.6 is 0 Å². The lowest BCUT2D eigenvalue weighted by Crippen LogP contribution is -2.19. The van der Waals surface area contributed by atoms with E-state index >= 15 is 0 Å². The van der Waals surface area contributed by atoms with Crippen molar-refractivity contribution in [1.29, 1.82) is 0 Å². The van der Waals surface area contributed by atoms with Crippen molar-refractivity contribution in [1.82, 2.24) is 15.0 Å². The van der Waals surface area contributed by atoms with Crippen molar-refractivity contribution in [2.45, 2.75) is 33.8 Å². The molecule has 0 aliphatic heterocycles. The first-order valence-electron chi connectivity index (χ1n) is 5.54. The van der Waals surface area contributed by atoms with Crippen LogP contribution in [-0.4, -0.2) is 21.6 Å². The molecule has 0 saturated heterocycles. The Labute approximate surface area is 91.6 Å². The molecule has 0 aromatic carbocycles. The van der Waals surface area contributed by atoms with Gasteiger partial charge in [-0.05, 0) is 18.8 Å². The summed E-state index contributed by atoms with van der Waals surface area (Å²) in [6, 6.07) is 0. The summed E-state index contributed by atoms with van der Waals surface area (Å²) in [5, 5.41) is 8.40. The van der Waals surface area contributed by atoms with E-state index in [0.29, 0.717) is 18.4 Å². The van der Waals surface area contributed by atoms with Crippen LogP contribution in [0.4, 0.5) is 0 Å². The van der Waals surface area contributed by atoms with Gasteiger partial charge < -0.3 is 4.74 Å². The molecule has 0 aliphatic carbocycles. The zero-order valence-corrected chi connectivity index (χ0v) is 10.3. The van der Waals surface area contributed by atoms with Crippen molar-refractivity contribution in [2.24, 2.45) is 18.9 Å². The normalized spacial score (nSPS) is 15.6. The molecule has 4 nitrogen and oxygen atoms in total. The summed E-state index contributed by atoms with van der Waals surface area (Å²) in [7, 11) is 1.83. The maximum atomic E-state index is 5.75. The van der Waals surface area contributed by atoms with Crippen LogP contribution in [0.1, 0.15) is 39.5 Å². The van der Waals surface area contributed by atoms with E-state index in [4.69, 9.17) is 4.74 Å². The second-order valence-electron chi connectivity index (χ2n) is 4.24. The van der Waals surface area contributed by atoms with E-state index in [2.05, 4.69) is 31.0 Å². The van der Waals surface area contributed by atoms with Crippen LogP contribution < -0.4 is 0 Å². The SMILES string of the molecule is CCOC(c1cnn(C)n1)C(C)C(C)C. The monoisotopic (exact) mass is 211 g/mol. The third-order valence-corrected chi connectivity index (χ3v) is 2.78. The first-order valence-corrected chi connectivity index (χ1v) is 5.54. The molecule has 0 bridgehead atoms. The highest BCUT2D eigenvalue weighted by molar-refractivity contribution is 4.99. The third kappa shape index (κ3) is 3.02. The van der Waals surface area contributed by atoms with Gasteiger partial charge in [0.05, 0.1) is 6.20 Å². The predicted molar refractivity (Wildman–Crippen MR) is 59.4 cm³/mol. The number of aromatic nitrogens is 3. The minimum atomic E-state index is 0.0590. The molecule has 15 heavy (non-hydrogen) atoms. The molecule has 0 aliphatic rings. The number of nitrogens with zero attached hydrogens (tertiary/aromatic N) is 3. The highest BCUT2D eigenvalue weighted by Crippen LogP contribution is 2.29. The van der Waals surface area contributed by atoms with E-state index in [1.165, 1.54) is 0 Å². The topological polar surface area (TPSA) is 39.9 Å². The fraction of sp³-hybridized carbons (Fsp3) is 0.818. The molecule has 1 aromatic rings. The van der Waals surface area contributed by atoms with Gasteiger partial charge in [-0.1, -0.05) is 20.8 Å². The van der Waals surface area contributed by atoms with Crippen molar-refractivity contribution in [3.63, 3.8) is 0 Å². The second-order valence-corrected chi connectivity index (χ2v) is 4.24. The first kappa shape index (κ1) is 12.2. The summed E-state index contributed by atoms with van der Waals surface area (Å²) in [5.41, 5.74) is 0.931. The second kappa shape index (κ2) is 5.26. The summed E-state index contributed by atoms with van der Waals surface area (Å²) in [5.74, 6) is 1.02. The van der Waals surface area contributed by atoms with Crippen molar-refractivity contribution in [2.75, 3.05) is 6.61 Å². The number of hydrogen-bond acceptors (Lipinski definition) is 3. The number of hydrogen-bond donors (Lipinski definition) is 0. The lowest BCUT2D eigenvalue weighted by Gasteiger charge is -2.24. The van der Waals surface area contributed by atoms with Gasteiger partial charge in [0.2, 0.25) is 0 Å². The Hall–Kier alpha value is -0.900. The van der Waals surface area contributed by atoms with Crippen LogP contribution in [-0.2, 0) is 11.8 Å². The van der Waals surface area contributed by atoms with Gasteiger partial charge in [-0.15, -0.1) is 0 Å². The van der Waals surface area contributed by atoms with Gasteiger partial charge in [-0.2, -0.15) is 15.0 Å². The number of ether oxygens (including phenoxy) is 1. The smallest absolute Gasteiger partial charge is 0.112 e. The molecule has 0 saturated carbocycles. The van der Waals surface area contributed by atoms with Crippen LogP contribution in [0.2, 0.25) is 0 Å². The average molecular weight is 211 g/mol. The van der Waals surface area contributed by atoms with Crippen LogP contribution in [0.15, 0.2) is 6.20 Å². The minimum Gasteiger partial charge on any atom is -0.372 e. The van der Waals surface area contributed by atoms with E-state index in [1.54, 1.807) is 11.0 Å². The predicted octanol–water partition coefficient (Wildman–Crippen LogP) is 2.18. The molecule has 1 heterocycles. The summed E-state index contributed by atoms with van der Waals surface area (Å²) in [6.07, 6.45) is 1.85. The molecule has 4 heteroatoms. The van der Waals surface area contributed by atoms with E-state index in [-0.39, 0.29) is 6.10 Å².